The first-order valence-corrected chi connectivity index (χ1v) is 7.71. The van der Waals surface area contributed by atoms with Crippen LogP contribution < -0.4 is 0 Å². The summed E-state index contributed by atoms with van der Waals surface area (Å²) in [5.74, 6) is -2.47. The Morgan fingerprint density at radius 2 is 1.96 bits per heavy atom. The number of hydrogen-bond donors (Lipinski definition) is 0. The van der Waals surface area contributed by atoms with E-state index in [1.54, 1.807) is 19.1 Å². The second kappa shape index (κ2) is 6.66. The Kier molecular flexibility index (Phi) is 4.42. The average molecular weight is 324 g/mol. The lowest BCUT2D eigenvalue weighted by molar-refractivity contribution is -0.150. The van der Waals surface area contributed by atoms with Gasteiger partial charge in [-0.2, -0.15) is 0 Å². The molecule has 0 amide bonds. The molecule has 1 aromatic carbocycles. The average Bonchev–Trinajstić information content (AvgIpc) is 2.61. The Bertz CT molecular complexity index is 770. The van der Waals surface area contributed by atoms with Crippen LogP contribution in [0.5, 0.6) is 0 Å². The quantitative estimate of drug-likeness (QED) is 0.629. The monoisotopic (exact) mass is 324 g/mol. The standard InChI is InChI=1S/C19H16O5/c1-2-15(20)18(21)24-16-10-6-9-13-14(16)11-23-19(22)17(13)12-7-4-3-5-8-12/h3-11,13,17H,2H2,1H3. The third-order valence-electron chi connectivity index (χ3n) is 4.03. The summed E-state index contributed by atoms with van der Waals surface area (Å²) >= 11 is 0. The number of rotatable bonds is 4. The molecule has 5 heteroatoms. The number of ketones is 1. The maximum absolute atomic E-state index is 12.3. The summed E-state index contributed by atoms with van der Waals surface area (Å²) in [7, 11) is 0. The van der Waals surface area contributed by atoms with Crippen molar-refractivity contribution in [2.45, 2.75) is 19.3 Å². The maximum Gasteiger partial charge on any atom is 0.379 e. The molecule has 1 aliphatic heterocycles. The van der Waals surface area contributed by atoms with Gasteiger partial charge in [-0.15, -0.1) is 0 Å². The van der Waals surface area contributed by atoms with Gasteiger partial charge in [-0.25, -0.2) is 4.79 Å². The molecule has 0 aromatic heterocycles. The molecule has 1 aliphatic carbocycles. The smallest absolute Gasteiger partial charge is 0.379 e. The normalized spacial score (nSPS) is 22.0. The van der Waals surface area contributed by atoms with E-state index in [2.05, 4.69) is 0 Å². The van der Waals surface area contributed by atoms with Crippen molar-refractivity contribution in [3.63, 3.8) is 0 Å². The van der Waals surface area contributed by atoms with E-state index in [0.717, 1.165) is 5.56 Å². The number of carbonyl (C=O) groups excluding carboxylic acids is 3. The molecule has 1 aromatic rings. The third-order valence-corrected chi connectivity index (χ3v) is 4.03. The number of ether oxygens (including phenoxy) is 2. The van der Waals surface area contributed by atoms with Gasteiger partial charge in [0.15, 0.2) is 0 Å². The number of hydrogen-bond acceptors (Lipinski definition) is 5. The molecule has 0 N–H and O–H groups in total. The minimum absolute atomic E-state index is 0.0755. The molecule has 1 heterocycles. The van der Waals surface area contributed by atoms with Crippen molar-refractivity contribution in [1.29, 1.82) is 0 Å². The van der Waals surface area contributed by atoms with Crippen LogP contribution in [0.2, 0.25) is 0 Å². The summed E-state index contributed by atoms with van der Waals surface area (Å²) in [6.07, 6.45) is 6.54. The van der Waals surface area contributed by atoms with Gasteiger partial charge in [-0.3, -0.25) is 9.59 Å². The Labute approximate surface area is 139 Å². The molecule has 0 radical (unpaired) electrons. The summed E-state index contributed by atoms with van der Waals surface area (Å²) in [6.45, 7) is 1.59. The van der Waals surface area contributed by atoms with Gasteiger partial charge in [0.2, 0.25) is 5.78 Å². The second-order valence-electron chi connectivity index (χ2n) is 5.51. The molecule has 2 aliphatic rings. The molecule has 5 nitrogen and oxygen atoms in total. The van der Waals surface area contributed by atoms with Crippen LogP contribution in [0.15, 0.2) is 66.2 Å². The predicted octanol–water partition coefficient (Wildman–Crippen LogP) is 2.80. The highest BCUT2D eigenvalue weighted by Crippen LogP contribution is 2.41. The van der Waals surface area contributed by atoms with Crippen LogP contribution in [-0.4, -0.2) is 17.7 Å². The van der Waals surface area contributed by atoms with Crippen LogP contribution in [0.1, 0.15) is 24.8 Å². The molecule has 0 bridgehead atoms. The van der Waals surface area contributed by atoms with Crippen molar-refractivity contribution in [1.82, 2.24) is 0 Å². The van der Waals surface area contributed by atoms with Crippen molar-refractivity contribution in [2.75, 3.05) is 0 Å². The van der Waals surface area contributed by atoms with Gasteiger partial charge < -0.3 is 9.47 Å². The summed E-state index contributed by atoms with van der Waals surface area (Å²) in [6, 6.07) is 9.28. The zero-order valence-electron chi connectivity index (χ0n) is 13.1. The molecule has 0 fully saturated rings. The van der Waals surface area contributed by atoms with Crippen LogP contribution in [-0.2, 0) is 23.9 Å². The van der Waals surface area contributed by atoms with E-state index in [1.165, 1.54) is 6.26 Å². The number of allylic oxidation sites excluding steroid dienone is 4. The fourth-order valence-electron chi connectivity index (χ4n) is 2.79. The van der Waals surface area contributed by atoms with Gasteiger partial charge in [-0.1, -0.05) is 49.4 Å². The van der Waals surface area contributed by atoms with Crippen LogP contribution in [0.3, 0.4) is 0 Å². The van der Waals surface area contributed by atoms with E-state index in [4.69, 9.17) is 9.47 Å². The topological polar surface area (TPSA) is 69.7 Å². The highest BCUT2D eigenvalue weighted by molar-refractivity contribution is 6.33. The van der Waals surface area contributed by atoms with Gasteiger partial charge >= 0.3 is 11.9 Å². The Morgan fingerprint density at radius 3 is 2.67 bits per heavy atom. The van der Waals surface area contributed by atoms with Crippen LogP contribution >= 0.6 is 0 Å². The highest BCUT2D eigenvalue weighted by Gasteiger charge is 2.39. The zero-order chi connectivity index (χ0) is 17.1. The maximum atomic E-state index is 12.3. The molecule has 0 saturated carbocycles. The van der Waals surface area contributed by atoms with Crippen LogP contribution in [0.4, 0.5) is 0 Å². The van der Waals surface area contributed by atoms with Crippen LogP contribution in [0.25, 0.3) is 0 Å². The lowest BCUT2D eigenvalue weighted by Gasteiger charge is -2.31. The van der Waals surface area contributed by atoms with E-state index in [-0.39, 0.29) is 24.1 Å². The Hall–Kier alpha value is -2.95. The highest BCUT2D eigenvalue weighted by atomic mass is 16.5. The van der Waals surface area contributed by atoms with E-state index >= 15 is 0 Å². The van der Waals surface area contributed by atoms with Crippen molar-refractivity contribution in [3.05, 3.63) is 71.7 Å². The van der Waals surface area contributed by atoms with E-state index < -0.39 is 17.7 Å². The number of carbonyl (C=O) groups is 3. The fourth-order valence-corrected chi connectivity index (χ4v) is 2.79. The molecule has 0 spiro atoms. The molecule has 122 valence electrons. The SMILES string of the molecule is CCC(=O)C(=O)OC1=CC=CC2C1=COC(=O)C2c1ccccc1. The second-order valence-corrected chi connectivity index (χ2v) is 5.51. The van der Waals surface area contributed by atoms with Crippen LogP contribution in [0, 0.1) is 5.92 Å². The predicted molar refractivity (Wildman–Crippen MR) is 85.5 cm³/mol. The van der Waals surface area contributed by atoms with Gasteiger partial charge in [-0.05, 0) is 11.6 Å². The van der Waals surface area contributed by atoms with E-state index in [0.29, 0.717) is 5.57 Å². The van der Waals surface area contributed by atoms with Crippen molar-refractivity contribution in [3.8, 4) is 0 Å². The molecule has 0 saturated heterocycles. The first-order valence-electron chi connectivity index (χ1n) is 7.71. The number of Topliss-reactive ketones (excluding diaryl/α,β-unsaturated/α-hetero) is 1. The van der Waals surface area contributed by atoms with E-state index in [1.807, 2.05) is 36.4 Å². The largest absolute Gasteiger partial charge is 0.434 e. The Morgan fingerprint density at radius 1 is 1.21 bits per heavy atom. The first-order chi connectivity index (χ1) is 11.6. The summed E-state index contributed by atoms with van der Waals surface area (Å²) in [4.78, 5) is 35.5. The Balaban J connectivity index is 1.90. The van der Waals surface area contributed by atoms with Gasteiger partial charge in [0.1, 0.15) is 12.0 Å². The molecule has 24 heavy (non-hydrogen) atoms. The number of benzene rings is 1. The minimum Gasteiger partial charge on any atom is -0.434 e. The molecular weight excluding hydrogens is 308 g/mol. The molecule has 2 unspecified atom stereocenters. The van der Waals surface area contributed by atoms with Gasteiger partial charge in [0, 0.05) is 17.9 Å². The summed E-state index contributed by atoms with van der Waals surface area (Å²) in [5.41, 5.74) is 1.39. The summed E-state index contributed by atoms with van der Waals surface area (Å²) in [5, 5.41) is 0. The fraction of sp³-hybridized carbons (Fsp3) is 0.211. The lowest BCUT2D eigenvalue weighted by Crippen LogP contribution is -2.30. The molecule has 3 rings (SSSR count). The summed E-state index contributed by atoms with van der Waals surface area (Å²) < 4.78 is 10.4. The van der Waals surface area contributed by atoms with Gasteiger partial charge in [0.05, 0.1) is 5.92 Å². The zero-order valence-corrected chi connectivity index (χ0v) is 13.1. The first kappa shape index (κ1) is 15.9. The van der Waals surface area contributed by atoms with Crippen molar-refractivity contribution >= 4 is 17.7 Å². The lowest BCUT2D eigenvalue weighted by atomic mass is 9.78. The van der Waals surface area contributed by atoms with Gasteiger partial charge in [0.25, 0.3) is 0 Å². The molecule has 2 atom stereocenters. The number of fused-ring (bicyclic) bond motifs is 1. The third kappa shape index (κ3) is 2.93. The van der Waals surface area contributed by atoms with Crippen molar-refractivity contribution < 1.29 is 23.9 Å². The number of cyclic esters (lactones) is 1. The van der Waals surface area contributed by atoms with E-state index in [9.17, 15) is 14.4 Å². The minimum atomic E-state index is -0.910. The molecular formula is C19H16O5. The number of esters is 2. The van der Waals surface area contributed by atoms with Crippen molar-refractivity contribution in [2.24, 2.45) is 5.92 Å².